The van der Waals surface area contributed by atoms with Gasteiger partial charge >= 0.3 is 0 Å². The standard InChI is InChI=1S/C15H23FN2O2/c1-4-5-6-13(17)15(19)18-10(2)12-9-11(16)7-8-14(12)20-3/h7-10,13H,4-6,17H2,1-3H3,(H,18,19). The number of hydrogen-bond acceptors (Lipinski definition) is 3. The molecule has 2 unspecified atom stereocenters. The maximum atomic E-state index is 13.3. The van der Waals surface area contributed by atoms with E-state index in [9.17, 15) is 9.18 Å². The molecule has 1 amide bonds. The Hall–Kier alpha value is -1.62. The van der Waals surface area contributed by atoms with Gasteiger partial charge in [0.1, 0.15) is 11.6 Å². The highest BCUT2D eigenvalue weighted by molar-refractivity contribution is 5.81. The number of nitrogens with one attached hydrogen (secondary N) is 1. The summed E-state index contributed by atoms with van der Waals surface area (Å²) in [6.07, 6.45) is 2.55. The van der Waals surface area contributed by atoms with Crippen molar-refractivity contribution in [3.63, 3.8) is 0 Å². The number of amides is 1. The molecule has 0 radical (unpaired) electrons. The minimum absolute atomic E-state index is 0.225. The third-order valence-corrected chi connectivity index (χ3v) is 3.22. The molecule has 4 nitrogen and oxygen atoms in total. The number of rotatable bonds is 7. The van der Waals surface area contributed by atoms with Gasteiger partial charge in [0.05, 0.1) is 19.2 Å². The Labute approximate surface area is 119 Å². The highest BCUT2D eigenvalue weighted by atomic mass is 19.1. The molecule has 112 valence electrons. The molecule has 1 rings (SSSR count). The first-order valence-corrected chi connectivity index (χ1v) is 6.89. The third kappa shape index (κ3) is 4.49. The first-order valence-electron chi connectivity index (χ1n) is 6.89. The van der Waals surface area contributed by atoms with E-state index in [-0.39, 0.29) is 17.8 Å². The van der Waals surface area contributed by atoms with E-state index in [1.807, 2.05) is 6.92 Å². The molecule has 0 aliphatic rings. The zero-order chi connectivity index (χ0) is 15.1. The van der Waals surface area contributed by atoms with E-state index in [2.05, 4.69) is 5.32 Å². The second-order valence-corrected chi connectivity index (χ2v) is 4.87. The van der Waals surface area contributed by atoms with Crippen molar-refractivity contribution in [1.29, 1.82) is 0 Å². The number of ether oxygens (including phenoxy) is 1. The summed E-state index contributed by atoms with van der Waals surface area (Å²) in [5.41, 5.74) is 6.41. The molecule has 2 atom stereocenters. The number of benzene rings is 1. The zero-order valence-electron chi connectivity index (χ0n) is 12.3. The Morgan fingerprint density at radius 2 is 2.20 bits per heavy atom. The van der Waals surface area contributed by atoms with Crippen LogP contribution < -0.4 is 15.8 Å². The second-order valence-electron chi connectivity index (χ2n) is 4.87. The highest BCUT2D eigenvalue weighted by Gasteiger charge is 2.18. The monoisotopic (exact) mass is 282 g/mol. The molecular weight excluding hydrogens is 259 g/mol. The summed E-state index contributed by atoms with van der Waals surface area (Å²) in [5.74, 6) is -0.0456. The predicted octanol–water partition coefficient (Wildman–Crippen LogP) is 2.53. The quantitative estimate of drug-likeness (QED) is 0.807. The molecule has 5 heteroatoms. The Morgan fingerprint density at radius 3 is 2.80 bits per heavy atom. The number of hydrogen-bond donors (Lipinski definition) is 2. The molecule has 20 heavy (non-hydrogen) atoms. The summed E-state index contributed by atoms with van der Waals surface area (Å²) < 4.78 is 18.5. The Balaban J connectivity index is 2.73. The number of unbranched alkanes of at least 4 members (excludes halogenated alkanes) is 1. The van der Waals surface area contributed by atoms with Crippen molar-refractivity contribution in [2.24, 2.45) is 5.73 Å². The van der Waals surface area contributed by atoms with Crippen LogP contribution >= 0.6 is 0 Å². The van der Waals surface area contributed by atoms with Crippen molar-refractivity contribution in [3.8, 4) is 5.75 Å². The van der Waals surface area contributed by atoms with Gasteiger partial charge in [0, 0.05) is 5.56 Å². The number of nitrogens with two attached hydrogens (primary N) is 1. The normalized spacial score (nSPS) is 13.7. The number of carbonyl (C=O) groups is 1. The predicted molar refractivity (Wildman–Crippen MR) is 77.0 cm³/mol. The zero-order valence-corrected chi connectivity index (χ0v) is 12.3. The third-order valence-electron chi connectivity index (χ3n) is 3.22. The summed E-state index contributed by atoms with van der Waals surface area (Å²) >= 11 is 0. The fourth-order valence-corrected chi connectivity index (χ4v) is 2.00. The molecule has 0 fully saturated rings. The van der Waals surface area contributed by atoms with Gasteiger partial charge in [-0.05, 0) is 31.5 Å². The molecule has 0 bridgehead atoms. The van der Waals surface area contributed by atoms with E-state index >= 15 is 0 Å². The lowest BCUT2D eigenvalue weighted by Gasteiger charge is -2.19. The van der Waals surface area contributed by atoms with Gasteiger partial charge in [-0.25, -0.2) is 4.39 Å². The lowest BCUT2D eigenvalue weighted by atomic mass is 10.1. The van der Waals surface area contributed by atoms with Gasteiger partial charge in [-0.3, -0.25) is 4.79 Å². The number of carbonyl (C=O) groups excluding carboxylic acids is 1. The van der Waals surface area contributed by atoms with E-state index in [4.69, 9.17) is 10.5 Å². The Morgan fingerprint density at radius 1 is 1.50 bits per heavy atom. The first-order chi connectivity index (χ1) is 9.49. The van der Waals surface area contributed by atoms with Crippen LogP contribution in [0.4, 0.5) is 4.39 Å². The summed E-state index contributed by atoms with van der Waals surface area (Å²) in [7, 11) is 1.51. The van der Waals surface area contributed by atoms with Crippen LogP contribution in [0.2, 0.25) is 0 Å². The van der Waals surface area contributed by atoms with E-state index < -0.39 is 6.04 Å². The van der Waals surface area contributed by atoms with Gasteiger partial charge in [-0.1, -0.05) is 19.8 Å². The molecule has 0 aliphatic carbocycles. The van der Waals surface area contributed by atoms with E-state index in [1.165, 1.54) is 19.2 Å². The molecule has 0 aromatic heterocycles. The first kappa shape index (κ1) is 16.4. The lowest BCUT2D eigenvalue weighted by molar-refractivity contribution is -0.123. The van der Waals surface area contributed by atoms with Gasteiger partial charge < -0.3 is 15.8 Å². The van der Waals surface area contributed by atoms with Gasteiger partial charge in [0.15, 0.2) is 0 Å². The molecule has 1 aromatic rings. The maximum absolute atomic E-state index is 13.3. The van der Waals surface area contributed by atoms with Gasteiger partial charge in [-0.15, -0.1) is 0 Å². The molecule has 0 aliphatic heterocycles. The number of halogens is 1. The molecule has 0 saturated carbocycles. The van der Waals surface area contributed by atoms with Crippen LogP contribution in [-0.4, -0.2) is 19.1 Å². The van der Waals surface area contributed by atoms with Crippen molar-refractivity contribution in [2.45, 2.75) is 45.2 Å². The smallest absolute Gasteiger partial charge is 0.237 e. The highest BCUT2D eigenvalue weighted by Crippen LogP contribution is 2.25. The van der Waals surface area contributed by atoms with E-state index in [1.54, 1.807) is 13.0 Å². The second kappa shape index (κ2) is 7.85. The molecule has 0 heterocycles. The van der Waals surface area contributed by atoms with Crippen LogP contribution in [0, 0.1) is 5.82 Å². The van der Waals surface area contributed by atoms with Gasteiger partial charge in [0.2, 0.25) is 5.91 Å². The number of methoxy groups -OCH3 is 1. The van der Waals surface area contributed by atoms with Crippen LogP contribution in [0.25, 0.3) is 0 Å². The van der Waals surface area contributed by atoms with Crippen LogP contribution in [0.3, 0.4) is 0 Å². The van der Waals surface area contributed by atoms with Crippen LogP contribution in [-0.2, 0) is 4.79 Å². The SMILES string of the molecule is CCCCC(N)C(=O)NC(C)c1cc(F)ccc1OC. The lowest BCUT2D eigenvalue weighted by Crippen LogP contribution is -2.41. The summed E-state index contributed by atoms with van der Waals surface area (Å²) in [4.78, 5) is 11.9. The maximum Gasteiger partial charge on any atom is 0.237 e. The van der Waals surface area contributed by atoms with Gasteiger partial charge in [-0.2, -0.15) is 0 Å². The average molecular weight is 282 g/mol. The van der Waals surface area contributed by atoms with Crippen molar-refractivity contribution in [3.05, 3.63) is 29.6 Å². The minimum atomic E-state index is -0.531. The molecule has 0 spiro atoms. The average Bonchev–Trinajstić information content (AvgIpc) is 2.44. The minimum Gasteiger partial charge on any atom is -0.496 e. The van der Waals surface area contributed by atoms with Crippen LogP contribution in [0.15, 0.2) is 18.2 Å². The van der Waals surface area contributed by atoms with Crippen molar-refractivity contribution in [1.82, 2.24) is 5.32 Å². The van der Waals surface area contributed by atoms with Crippen molar-refractivity contribution >= 4 is 5.91 Å². The van der Waals surface area contributed by atoms with E-state index in [0.29, 0.717) is 17.7 Å². The fourth-order valence-electron chi connectivity index (χ4n) is 2.00. The van der Waals surface area contributed by atoms with E-state index in [0.717, 1.165) is 12.8 Å². The van der Waals surface area contributed by atoms with Crippen molar-refractivity contribution < 1.29 is 13.9 Å². The van der Waals surface area contributed by atoms with Gasteiger partial charge in [0.25, 0.3) is 0 Å². The van der Waals surface area contributed by atoms with Crippen LogP contribution in [0.1, 0.15) is 44.7 Å². The molecule has 1 aromatic carbocycles. The summed E-state index contributed by atoms with van der Waals surface area (Å²) in [6, 6.07) is 3.34. The Kier molecular flexibility index (Phi) is 6.45. The molecular formula is C15H23FN2O2. The Bertz CT molecular complexity index is 451. The fraction of sp³-hybridized carbons (Fsp3) is 0.533. The topological polar surface area (TPSA) is 64.4 Å². The van der Waals surface area contributed by atoms with Crippen LogP contribution in [0.5, 0.6) is 5.75 Å². The summed E-state index contributed by atoms with van der Waals surface area (Å²) in [5, 5.41) is 2.80. The summed E-state index contributed by atoms with van der Waals surface area (Å²) in [6.45, 7) is 3.83. The van der Waals surface area contributed by atoms with Crippen molar-refractivity contribution in [2.75, 3.05) is 7.11 Å². The molecule has 3 N–H and O–H groups in total. The molecule has 0 saturated heterocycles. The largest absolute Gasteiger partial charge is 0.496 e.